The number of nitrogens with one attached hydrogen (secondary N) is 1. The van der Waals surface area contributed by atoms with Crippen molar-refractivity contribution in [1.29, 1.82) is 0 Å². The Morgan fingerprint density at radius 1 is 0.450 bits per heavy atom. The third kappa shape index (κ3) is 45.9. The first-order chi connectivity index (χ1) is 29.5. The Labute approximate surface area is 373 Å². The summed E-state index contributed by atoms with van der Waals surface area (Å²) in [5.74, 6) is -0.102. The Kier molecular flexibility index (Phi) is 48.6. The van der Waals surface area contributed by atoms with Crippen LogP contribution in [0.3, 0.4) is 0 Å². The largest absolute Gasteiger partial charge is 0.466 e. The fourth-order valence-electron chi connectivity index (χ4n) is 8.10. The zero-order chi connectivity index (χ0) is 43.7. The van der Waals surface area contributed by atoms with Crippen LogP contribution in [0.4, 0.5) is 0 Å². The number of ether oxygens (including phenoxy) is 1. The molecule has 0 aromatic rings. The third-order valence-electron chi connectivity index (χ3n) is 12.2. The van der Waals surface area contributed by atoms with Crippen LogP contribution in [0.1, 0.15) is 284 Å². The maximum Gasteiger partial charge on any atom is 0.305 e. The van der Waals surface area contributed by atoms with E-state index in [-0.39, 0.29) is 18.5 Å². The normalized spacial score (nSPS) is 12.8. The summed E-state index contributed by atoms with van der Waals surface area (Å²) in [6, 6.07) is -0.639. The van der Waals surface area contributed by atoms with E-state index >= 15 is 0 Å². The lowest BCUT2D eigenvalue weighted by Gasteiger charge is -2.20. The van der Waals surface area contributed by atoms with Gasteiger partial charge in [-0.3, -0.25) is 9.59 Å². The molecule has 3 N–H and O–H groups in total. The van der Waals surface area contributed by atoms with Gasteiger partial charge in [0.05, 0.1) is 25.4 Å². The van der Waals surface area contributed by atoms with Crippen LogP contribution in [0.5, 0.6) is 0 Å². The molecule has 0 aliphatic heterocycles. The van der Waals surface area contributed by atoms with Gasteiger partial charge in [0.2, 0.25) is 5.91 Å². The van der Waals surface area contributed by atoms with Gasteiger partial charge < -0.3 is 20.3 Å². The monoisotopic (exact) mass is 846 g/mol. The van der Waals surface area contributed by atoms with Crippen LogP contribution in [-0.4, -0.2) is 47.4 Å². The molecule has 0 rings (SSSR count). The van der Waals surface area contributed by atoms with Crippen LogP contribution in [0.15, 0.2) is 24.3 Å². The SMILES string of the molecule is CCCCCCCCC/C=C\CCCCCCCC(=O)OCCCCCCCCCCCCCCC(=O)NC(CO)C(O)/C=C/CCCCCCCCCCCCCCC. The number of esters is 1. The molecule has 2 unspecified atom stereocenters. The predicted molar refractivity (Wildman–Crippen MR) is 260 cm³/mol. The van der Waals surface area contributed by atoms with E-state index in [4.69, 9.17) is 4.74 Å². The summed E-state index contributed by atoms with van der Waals surface area (Å²) in [5.41, 5.74) is 0. The van der Waals surface area contributed by atoms with Crippen molar-refractivity contribution in [1.82, 2.24) is 5.32 Å². The summed E-state index contributed by atoms with van der Waals surface area (Å²) in [4.78, 5) is 24.5. The van der Waals surface area contributed by atoms with E-state index in [1.54, 1.807) is 6.08 Å². The van der Waals surface area contributed by atoms with Crippen LogP contribution in [0, 0.1) is 0 Å². The van der Waals surface area contributed by atoms with Crippen molar-refractivity contribution in [2.75, 3.05) is 13.2 Å². The minimum absolute atomic E-state index is 0.0182. The second-order valence-corrected chi connectivity index (χ2v) is 18.2. The van der Waals surface area contributed by atoms with E-state index < -0.39 is 12.1 Å². The van der Waals surface area contributed by atoms with E-state index in [1.807, 2.05) is 6.08 Å². The van der Waals surface area contributed by atoms with Gasteiger partial charge in [0.25, 0.3) is 0 Å². The molecule has 0 aromatic carbocycles. The van der Waals surface area contributed by atoms with Gasteiger partial charge in [-0.05, 0) is 57.8 Å². The fraction of sp³-hybridized carbons (Fsp3) is 0.889. The molecule has 0 radical (unpaired) electrons. The van der Waals surface area contributed by atoms with Gasteiger partial charge in [-0.2, -0.15) is 0 Å². The first-order valence-corrected chi connectivity index (χ1v) is 26.6. The highest BCUT2D eigenvalue weighted by Gasteiger charge is 2.18. The molecule has 0 saturated heterocycles. The number of aliphatic hydroxyl groups is 2. The van der Waals surface area contributed by atoms with E-state index in [0.717, 1.165) is 57.8 Å². The maximum atomic E-state index is 12.4. The summed E-state index contributed by atoms with van der Waals surface area (Å²) in [7, 11) is 0. The van der Waals surface area contributed by atoms with Gasteiger partial charge in [-0.25, -0.2) is 0 Å². The molecule has 0 aliphatic rings. The number of rotatable bonds is 49. The number of carbonyl (C=O) groups is 2. The standard InChI is InChI=1S/C54H103NO5/c1-3-5-7-9-11-13-15-17-19-21-23-28-32-36-40-44-48-54(59)60-49-45-41-37-33-29-25-24-27-31-35-39-43-47-53(58)55-51(50-56)52(57)46-42-38-34-30-26-22-20-18-16-14-12-10-8-6-4-2/h19,21,42,46,51-52,56-57H,3-18,20,22-41,43-45,47-50H2,1-2H3,(H,55,58)/b21-19-,46-42+. The van der Waals surface area contributed by atoms with E-state index in [1.165, 1.54) is 199 Å². The van der Waals surface area contributed by atoms with Crippen molar-refractivity contribution in [2.24, 2.45) is 0 Å². The van der Waals surface area contributed by atoms with Crippen molar-refractivity contribution in [3.8, 4) is 0 Å². The summed E-state index contributed by atoms with van der Waals surface area (Å²) < 4.78 is 5.46. The molecule has 0 aromatic heterocycles. The smallest absolute Gasteiger partial charge is 0.305 e. The van der Waals surface area contributed by atoms with Crippen molar-refractivity contribution in [3.63, 3.8) is 0 Å². The first kappa shape index (κ1) is 58.3. The molecule has 0 fully saturated rings. The Balaban J connectivity index is 3.49. The minimum Gasteiger partial charge on any atom is -0.466 e. The molecule has 60 heavy (non-hydrogen) atoms. The number of hydrogen-bond acceptors (Lipinski definition) is 5. The lowest BCUT2D eigenvalue weighted by molar-refractivity contribution is -0.143. The van der Waals surface area contributed by atoms with Crippen molar-refractivity contribution in [2.45, 2.75) is 296 Å². The maximum absolute atomic E-state index is 12.4. The topological polar surface area (TPSA) is 95.9 Å². The Hall–Kier alpha value is -1.66. The van der Waals surface area contributed by atoms with Gasteiger partial charge in [0.1, 0.15) is 0 Å². The van der Waals surface area contributed by atoms with E-state index in [9.17, 15) is 19.8 Å². The molecular formula is C54H103NO5. The lowest BCUT2D eigenvalue weighted by Crippen LogP contribution is -2.45. The van der Waals surface area contributed by atoms with Crippen molar-refractivity contribution < 1.29 is 24.5 Å². The molecule has 0 heterocycles. The number of carbonyl (C=O) groups excluding carboxylic acids is 2. The zero-order valence-corrected chi connectivity index (χ0v) is 40.2. The summed E-state index contributed by atoms with van der Waals surface area (Å²) in [6.45, 7) is 4.86. The third-order valence-corrected chi connectivity index (χ3v) is 12.2. The lowest BCUT2D eigenvalue weighted by atomic mass is 10.0. The second-order valence-electron chi connectivity index (χ2n) is 18.2. The van der Waals surface area contributed by atoms with Gasteiger partial charge in [-0.15, -0.1) is 0 Å². The molecule has 6 heteroatoms. The van der Waals surface area contributed by atoms with Crippen LogP contribution < -0.4 is 5.32 Å². The average Bonchev–Trinajstić information content (AvgIpc) is 3.25. The zero-order valence-electron chi connectivity index (χ0n) is 40.2. The molecule has 0 aliphatic carbocycles. The summed E-state index contributed by atoms with van der Waals surface area (Å²) >= 11 is 0. The van der Waals surface area contributed by atoms with Gasteiger partial charge in [0.15, 0.2) is 0 Å². The predicted octanol–water partition coefficient (Wildman–Crippen LogP) is 15.9. The molecule has 0 saturated carbocycles. The highest BCUT2D eigenvalue weighted by Crippen LogP contribution is 2.16. The quantitative estimate of drug-likeness (QED) is 0.0322. The van der Waals surface area contributed by atoms with Gasteiger partial charge in [0, 0.05) is 12.8 Å². The van der Waals surface area contributed by atoms with Crippen LogP contribution in [0.2, 0.25) is 0 Å². The van der Waals surface area contributed by atoms with Gasteiger partial charge in [-0.1, -0.05) is 237 Å². The highest BCUT2D eigenvalue weighted by molar-refractivity contribution is 5.76. The molecule has 0 bridgehead atoms. The van der Waals surface area contributed by atoms with Crippen LogP contribution in [0.25, 0.3) is 0 Å². The fourth-order valence-corrected chi connectivity index (χ4v) is 8.10. The average molecular weight is 846 g/mol. The first-order valence-electron chi connectivity index (χ1n) is 26.6. The summed E-state index contributed by atoms with van der Waals surface area (Å²) in [5, 5.41) is 23.1. The Morgan fingerprint density at radius 3 is 1.18 bits per heavy atom. The number of unbranched alkanes of at least 4 members (excludes halogenated alkanes) is 36. The molecule has 6 nitrogen and oxygen atoms in total. The van der Waals surface area contributed by atoms with Crippen LogP contribution in [-0.2, 0) is 14.3 Å². The van der Waals surface area contributed by atoms with E-state index in [0.29, 0.717) is 19.4 Å². The Morgan fingerprint density at radius 2 is 0.783 bits per heavy atom. The molecule has 1 amide bonds. The van der Waals surface area contributed by atoms with E-state index in [2.05, 4.69) is 31.3 Å². The number of amides is 1. The Bertz CT molecular complexity index is 935. The molecule has 0 spiro atoms. The number of aliphatic hydroxyl groups excluding tert-OH is 2. The van der Waals surface area contributed by atoms with Crippen molar-refractivity contribution >= 4 is 11.9 Å². The molecule has 354 valence electrons. The number of hydrogen-bond donors (Lipinski definition) is 3. The summed E-state index contributed by atoms with van der Waals surface area (Å²) in [6.07, 6.45) is 58.9. The van der Waals surface area contributed by atoms with Crippen molar-refractivity contribution in [3.05, 3.63) is 24.3 Å². The number of allylic oxidation sites excluding steroid dienone is 3. The van der Waals surface area contributed by atoms with Crippen LogP contribution >= 0.6 is 0 Å². The highest BCUT2D eigenvalue weighted by atomic mass is 16.5. The van der Waals surface area contributed by atoms with Gasteiger partial charge >= 0.3 is 5.97 Å². The molecule has 2 atom stereocenters. The second kappa shape index (κ2) is 50.0. The minimum atomic E-state index is -0.854. The molecular weight excluding hydrogens is 743 g/mol.